The Labute approximate surface area is 172 Å². The lowest BCUT2D eigenvalue weighted by atomic mass is 9.87. The SMILES string of the molecule is CC(=O)O[C@@H]1[C@@H](OC(=O)c2ccccc2)c2c(ccc3ccc(=O)oc23)OC1(C)C. The van der Waals surface area contributed by atoms with Gasteiger partial charge >= 0.3 is 17.6 Å². The fraction of sp³-hybridized carbons (Fsp3) is 0.261. The third-order valence-electron chi connectivity index (χ3n) is 4.94. The van der Waals surface area contributed by atoms with E-state index in [1.54, 1.807) is 62.4 Å². The van der Waals surface area contributed by atoms with Gasteiger partial charge in [-0.25, -0.2) is 9.59 Å². The molecule has 0 bridgehead atoms. The molecule has 0 N–H and O–H groups in total. The van der Waals surface area contributed by atoms with Gasteiger partial charge in [-0.15, -0.1) is 0 Å². The van der Waals surface area contributed by atoms with Crippen molar-refractivity contribution < 1.29 is 28.2 Å². The van der Waals surface area contributed by atoms with Crippen LogP contribution in [0.3, 0.4) is 0 Å². The van der Waals surface area contributed by atoms with Crippen LogP contribution in [-0.2, 0) is 14.3 Å². The van der Waals surface area contributed by atoms with Crippen LogP contribution in [-0.4, -0.2) is 23.6 Å². The van der Waals surface area contributed by atoms with Crippen molar-refractivity contribution in [2.45, 2.75) is 38.6 Å². The minimum atomic E-state index is -1.05. The maximum atomic E-state index is 12.9. The summed E-state index contributed by atoms with van der Waals surface area (Å²) in [6.45, 7) is 4.74. The number of rotatable bonds is 3. The molecule has 1 aromatic heterocycles. The highest BCUT2D eigenvalue weighted by atomic mass is 16.6. The summed E-state index contributed by atoms with van der Waals surface area (Å²) in [6, 6.07) is 14.8. The molecule has 7 nitrogen and oxygen atoms in total. The van der Waals surface area contributed by atoms with Gasteiger partial charge in [-0.1, -0.05) is 18.2 Å². The van der Waals surface area contributed by atoms with E-state index < -0.39 is 35.4 Å². The van der Waals surface area contributed by atoms with Crippen LogP contribution >= 0.6 is 0 Å². The molecule has 1 aliphatic rings. The van der Waals surface area contributed by atoms with Crippen LogP contribution in [0.25, 0.3) is 11.0 Å². The van der Waals surface area contributed by atoms with Crippen molar-refractivity contribution in [2.24, 2.45) is 0 Å². The van der Waals surface area contributed by atoms with Crippen molar-refractivity contribution in [1.29, 1.82) is 0 Å². The number of carbonyl (C=O) groups excluding carboxylic acids is 2. The molecule has 0 spiro atoms. The van der Waals surface area contributed by atoms with Crippen molar-refractivity contribution in [1.82, 2.24) is 0 Å². The lowest BCUT2D eigenvalue weighted by Gasteiger charge is -2.43. The number of ether oxygens (including phenoxy) is 3. The molecule has 0 saturated carbocycles. The lowest BCUT2D eigenvalue weighted by Crippen LogP contribution is -2.52. The third-order valence-corrected chi connectivity index (χ3v) is 4.94. The van der Waals surface area contributed by atoms with E-state index >= 15 is 0 Å². The summed E-state index contributed by atoms with van der Waals surface area (Å²) < 4.78 is 22.9. The van der Waals surface area contributed by atoms with E-state index in [2.05, 4.69) is 0 Å². The van der Waals surface area contributed by atoms with Crippen molar-refractivity contribution in [3.63, 3.8) is 0 Å². The molecule has 2 heterocycles. The number of fused-ring (bicyclic) bond motifs is 3. The van der Waals surface area contributed by atoms with Crippen molar-refractivity contribution in [3.8, 4) is 5.75 Å². The summed E-state index contributed by atoms with van der Waals surface area (Å²) in [6.07, 6.45) is -2.01. The monoisotopic (exact) mass is 408 g/mol. The zero-order valence-corrected chi connectivity index (χ0v) is 16.7. The first-order valence-electron chi connectivity index (χ1n) is 9.45. The largest absolute Gasteiger partial charge is 0.483 e. The van der Waals surface area contributed by atoms with Gasteiger partial charge in [0.15, 0.2) is 12.2 Å². The Balaban J connectivity index is 1.90. The highest BCUT2D eigenvalue weighted by molar-refractivity contribution is 5.90. The minimum Gasteiger partial charge on any atom is -0.483 e. The van der Waals surface area contributed by atoms with Crippen LogP contribution in [0.5, 0.6) is 5.75 Å². The predicted octanol–water partition coefficient (Wildman–Crippen LogP) is 3.79. The van der Waals surface area contributed by atoms with Gasteiger partial charge in [0.05, 0.1) is 11.1 Å². The second-order valence-corrected chi connectivity index (χ2v) is 7.58. The quantitative estimate of drug-likeness (QED) is 0.481. The number of carbonyl (C=O) groups is 2. The Morgan fingerprint density at radius 1 is 0.967 bits per heavy atom. The molecule has 3 aromatic rings. The van der Waals surface area contributed by atoms with Crippen molar-refractivity contribution >= 4 is 22.9 Å². The van der Waals surface area contributed by atoms with Crippen molar-refractivity contribution in [3.05, 3.63) is 76.1 Å². The number of benzene rings is 2. The molecule has 1 aliphatic heterocycles. The van der Waals surface area contributed by atoms with Gasteiger partial charge in [0.2, 0.25) is 0 Å². The summed E-state index contributed by atoms with van der Waals surface area (Å²) in [5, 5.41) is 0.624. The first kappa shape index (κ1) is 19.7. The first-order valence-corrected chi connectivity index (χ1v) is 9.45. The maximum absolute atomic E-state index is 12.9. The minimum absolute atomic E-state index is 0.221. The average molecular weight is 408 g/mol. The van der Waals surface area contributed by atoms with E-state index in [0.717, 1.165) is 0 Å². The van der Waals surface area contributed by atoms with Gasteiger partial charge < -0.3 is 18.6 Å². The molecule has 0 saturated heterocycles. The number of hydrogen-bond acceptors (Lipinski definition) is 7. The Bertz CT molecular complexity index is 1180. The molecular formula is C23H20O7. The number of esters is 2. The summed E-state index contributed by atoms with van der Waals surface area (Å²) in [7, 11) is 0. The summed E-state index contributed by atoms with van der Waals surface area (Å²) >= 11 is 0. The molecule has 0 amide bonds. The molecule has 4 rings (SSSR count). The Morgan fingerprint density at radius 2 is 1.67 bits per heavy atom. The number of hydrogen-bond donors (Lipinski definition) is 0. The Morgan fingerprint density at radius 3 is 2.37 bits per heavy atom. The molecule has 0 aliphatic carbocycles. The van der Waals surface area contributed by atoms with Gasteiger partial charge in [0.25, 0.3) is 0 Å². The van der Waals surface area contributed by atoms with E-state index in [9.17, 15) is 14.4 Å². The maximum Gasteiger partial charge on any atom is 0.338 e. The molecule has 154 valence electrons. The Hall–Kier alpha value is -3.61. The fourth-order valence-electron chi connectivity index (χ4n) is 3.61. The molecular weight excluding hydrogens is 388 g/mol. The standard InChI is InChI=1S/C23H20O7/c1-13(24)27-21-20(29-22(26)15-7-5-4-6-8-15)18-16(30-23(21,2)3)11-9-14-10-12-17(25)28-19(14)18/h4-12,20-21H,1-3H3/t20-,21+/m0/s1. The second kappa shape index (κ2) is 7.33. The fourth-order valence-corrected chi connectivity index (χ4v) is 3.61. The van der Waals surface area contributed by atoms with Gasteiger partial charge in [-0.05, 0) is 44.2 Å². The third kappa shape index (κ3) is 3.54. The molecule has 2 aromatic carbocycles. The molecule has 0 radical (unpaired) electrons. The van der Waals surface area contributed by atoms with Crippen LogP contribution < -0.4 is 10.4 Å². The zero-order valence-electron chi connectivity index (χ0n) is 16.7. The first-order chi connectivity index (χ1) is 14.3. The summed E-state index contributed by atoms with van der Waals surface area (Å²) in [4.78, 5) is 36.6. The topological polar surface area (TPSA) is 92.0 Å². The average Bonchev–Trinajstić information content (AvgIpc) is 2.70. The van der Waals surface area contributed by atoms with Gasteiger partial charge in [-0.3, -0.25) is 4.79 Å². The highest BCUT2D eigenvalue weighted by Crippen LogP contribution is 2.46. The van der Waals surface area contributed by atoms with E-state index in [1.165, 1.54) is 13.0 Å². The molecule has 0 unspecified atom stereocenters. The highest BCUT2D eigenvalue weighted by Gasteiger charge is 2.49. The van der Waals surface area contributed by atoms with Gasteiger partial charge in [0.1, 0.15) is 16.9 Å². The van der Waals surface area contributed by atoms with E-state index in [-0.39, 0.29) is 5.58 Å². The molecule has 2 atom stereocenters. The smallest absolute Gasteiger partial charge is 0.338 e. The molecule has 7 heteroatoms. The van der Waals surface area contributed by atoms with Gasteiger partial charge in [0, 0.05) is 18.4 Å². The van der Waals surface area contributed by atoms with Crippen LogP contribution in [0.15, 0.2) is 63.8 Å². The lowest BCUT2D eigenvalue weighted by molar-refractivity contribution is -0.175. The van der Waals surface area contributed by atoms with Crippen LogP contribution in [0.1, 0.15) is 42.8 Å². The summed E-state index contributed by atoms with van der Waals surface area (Å²) in [5.74, 6) is -0.768. The van der Waals surface area contributed by atoms with Crippen LogP contribution in [0, 0.1) is 0 Å². The van der Waals surface area contributed by atoms with Crippen LogP contribution in [0.4, 0.5) is 0 Å². The molecule has 0 fully saturated rings. The van der Waals surface area contributed by atoms with Crippen LogP contribution in [0.2, 0.25) is 0 Å². The van der Waals surface area contributed by atoms with Crippen molar-refractivity contribution in [2.75, 3.05) is 0 Å². The normalized spacial score (nSPS) is 19.4. The van der Waals surface area contributed by atoms with E-state index in [4.69, 9.17) is 18.6 Å². The second-order valence-electron chi connectivity index (χ2n) is 7.58. The van der Waals surface area contributed by atoms with E-state index in [0.29, 0.717) is 22.3 Å². The van der Waals surface area contributed by atoms with E-state index in [1.807, 2.05) is 0 Å². The summed E-state index contributed by atoms with van der Waals surface area (Å²) in [5.41, 5.74) is -0.661. The zero-order chi connectivity index (χ0) is 21.5. The predicted molar refractivity (Wildman–Crippen MR) is 107 cm³/mol. The Kier molecular flexibility index (Phi) is 4.81. The van der Waals surface area contributed by atoms with Gasteiger partial charge in [-0.2, -0.15) is 0 Å². The molecule has 30 heavy (non-hydrogen) atoms.